The summed E-state index contributed by atoms with van der Waals surface area (Å²) < 4.78 is 5.63. The van der Waals surface area contributed by atoms with Crippen LogP contribution in [-0.4, -0.2) is 59.5 Å². The molecule has 0 radical (unpaired) electrons. The number of rotatable bonds is 4. The summed E-state index contributed by atoms with van der Waals surface area (Å²) in [6.07, 6.45) is 0.285. The molecule has 0 spiro atoms. The molecule has 1 N–H and O–H groups in total. The van der Waals surface area contributed by atoms with E-state index in [0.29, 0.717) is 19.5 Å². The zero-order valence-electron chi connectivity index (χ0n) is 15.4. The third kappa shape index (κ3) is 3.19. The summed E-state index contributed by atoms with van der Waals surface area (Å²) in [5.74, 6) is -0.616. The van der Waals surface area contributed by atoms with Crippen LogP contribution < -0.4 is 5.32 Å². The third-order valence-corrected chi connectivity index (χ3v) is 5.04. The average Bonchev–Trinajstić information content (AvgIpc) is 2.86. The first-order valence-corrected chi connectivity index (χ1v) is 9.00. The van der Waals surface area contributed by atoms with Crippen LogP contribution in [0.1, 0.15) is 32.8 Å². The minimum Gasteiger partial charge on any atom is -0.372 e. The number of carbonyl (C=O) groups excluding carboxylic acids is 3. The van der Waals surface area contributed by atoms with Crippen molar-refractivity contribution in [2.75, 3.05) is 19.6 Å². The van der Waals surface area contributed by atoms with Crippen molar-refractivity contribution in [3.8, 4) is 0 Å². The van der Waals surface area contributed by atoms with E-state index >= 15 is 0 Å². The number of nitrogens with one attached hydrogen (secondary N) is 1. The van der Waals surface area contributed by atoms with Gasteiger partial charge < -0.3 is 15.0 Å². The van der Waals surface area contributed by atoms with E-state index in [-0.39, 0.29) is 30.6 Å². The molecule has 2 saturated heterocycles. The van der Waals surface area contributed by atoms with Crippen LogP contribution in [0.5, 0.6) is 0 Å². The molecule has 1 aromatic carbocycles. The highest BCUT2D eigenvalue weighted by atomic mass is 16.5. The number of imide groups is 1. The van der Waals surface area contributed by atoms with Crippen LogP contribution in [0.3, 0.4) is 0 Å². The van der Waals surface area contributed by atoms with E-state index in [1.54, 1.807) is 4.90 Å². The van der Waals surface area contributed by atoms with Crippen molar-refractivity contribution in [2.24, 2.45) is 0 Å². The van der Waals surface area contributed by atoms with Crippen molar-refractivity contribution >= 4 is 17.8 Å². The predicted molar refractivity (Wildman–Crippen MR) is 95.2 cm³/mol. The monoisotopic (exact) mass is 359 g/mol. The van der Waals surface area contributed by atoms with Gasteiger partial charge in [0.1, 0.15) is 12.1 Å². The first-order chi connectivity index (χ1) is 12.4. The molecule has 2 fully saturated rings. The minimum absolute atomic E-state index is 0.0649. The van der Waals surface area contributed by atoms with Crippen LogP contribution in [0.15, 0.2) is 30.3 Å². The van der Waals surface area contributed by atoms with Gasteiger partial charge in [0.2, 0.25) is 5.91 Å². The molecule has 0 aromatic heterocycles. The van der Waals surface area contributed by atoms with Gasteiger partial charge in [0.15, 0.2) is 0 Å². The molecular weight excluding hydrogens is 334 g/mol. The van der Waals surface area contributed by atoms with Crippen molar-refractivity contribution in [3.63, 3.8) is 0 Å². The van der Waals surface area contributed by atoms with Crippen molar-refractivity contribution in [2.45, 2.75) is 44.9 Å². The number of benzene rings is 1. The Kier molecular flexibility index (Phi) is 5.00. The second kappa shape index (κ2) is 7.07. The molecule has 26 heavy (non-hydrogen) atoms. The van der Waals surface area contributed by atoms with Gasteiger partial charge in [-0.2, -0.15) is 0 Å². The molecule has 7 heteroatoms. The highest BCUT2D eigenvalue weighted by Gasteiger charge is 2.51. The Morgan fingerprint density at radius 3 is 2.38 bits per heavy atom. The zero-order chi connectivity index (χ0) is 18.9. The quantitative estimate of drug-likeness (QED) is 0.826. The number of hydrogen-bond donors (Lipinski definition) is 1. The SMILES string of the molecule is CC[C@]1(c2ccccc2)NC(=O)N(CC(=O)N2C[C@@H](C)O[C@H](C)C2)C1=O. The first-order valence-electron chi connectivity index (χ1n) is 9.00. The summed E-state index contributed by atoms with van der Waals surface area (Å²) in [5, 5.41) is 2.80. The van der Waals surface area contributed by atoms with E-state index in [9.17, 15) is 14.4 Å². The fourth-order valence-corrected chi connectivity index (χ4v) is 3.75. The van der Waals surface area contributed by atoms with Crippen molar-refractivity contribution in [1.82, 2.24) is 15.1 Å². The van der Waals surface area contributed by atoms with Gasteiger partial charge >= 0.3 is 6.03 Å². The Hall–Kier alpha value is -2.41. The lowest BCUT2D eigenvalue weighted by Crippen LogP contribution is -2.52. The van der Waals surface area contributed by atoms with Crippen LogP contribution in [0.4, 0.5) is 4.79 Å². The Labute approximate surface area is 153 Å². The van der Waals surface area contributed by atoms with Crippen molar-refractivity contribution in [1.29, 1.82) is 0 Å². The number of ether oxygens (including phenoxy) is 1. The van der Waals surface area contributed by atoms with Gasteiger partial charge in [0.05, 0.1) is 12.2 Å². The molecule has 4 amide bonds. The highest BCUT2D eigenvalue weighted by molar-refractivity contribution is 6.09. The van der Waals surface area contributed by atoms with Crippen molar-refractivity contribution < 1.29 is 19.1 Å². The lowest BCUT2D eigenvalue weighted by molar-refractivity contribution is -0.147. The topological polar surface area (TPSA) is 79.0 Å². The number of amides is 4. The van der Waals surface area contributed by atoms with Crippen molar-refractivity contribution in [3.05, 3.63) is 35.9 Å². The Morgan fingerprint density at radius 1 is 1.19 bits per heavy atom. The molecule has 0 bridgehead atoms. The number of carbonyl (C=O) groups is 3. The van der Waals surface area contributed by atoms with Gasteiger partial charge in [0.25, 0.3) is 5.91 Å². The maximum atomic E-state index is 13.1. The van der Waals surface area contributed by atoms with E-state index < -0.39 is 11.6 Å². The Morgan fingerprint density at radius 2 is 1.81 bits per heavy atom. The molecule has 2 aliphatic heterocycles. The van der Waals surface area contributed by atoms with Gasteiger partial charge in [-0.05, 0) is 25.8 Å². The third-order valence-electron chi connectivity index (χ3n) is 5.04. The van der Waals surface area contributed by atoms with Gasteiger partial charge in [-0.3, -0.25) is 14.5 Å². The van der Waals surface area contributed by atoms with E-state index in [4.69, 9.17) is 4.74 Å². The summed E-state index contributed by atoms with van der Waals surface area (Å²) in [5.41, 5.74) is -0.381. The number of urea groups is 1. The second-order valence-electron chi connectivity index (χ2n) is 7.00. The lowest BCUT2D eigenvalue weighted by atomic mass is 9.87. The van der Waals surface area contributed by atoms with Crippen LogP contribution in [-0.2, 0) is 19.9 Å². The van der Waals surface area contributed by atoms with Gasteiger partial charge in [-0.15, -0.1) is 0 Å². The van der Waals surface area contributed by atoms with Crippen LogP contribution in [0, 0.1) is 0 Å². The molecule has 0 saturated carbocycles. The predicted octanol–water partition coefficient (Wildman–Crippen LogP) is 1.48. The average molecular weight is 359 g/mol. The van der Waals surface area contributed by atoms with E-state index in [0.717, 1.165) is 10.5 Å². The van der Waals surface area contributed by atoms with E-state index in [2.05, 4.69) is 5.32 Å². The van der Waals surface area contributed by atoms with Crippen LogP contribution >= 0.6 is 0 Å². The van der Waals surface area contributed by atoms with E-state index in [1.807, 2.05) is 51.1 Å². The number of nitrogens with zero attached hydrogens (tertiary/aromatic N) is 2. The fourth-order valence-electron chi connectivity index (χ4n) is 3.75. The molecule has 0 unspecified atom stereocenters. The fraction of sp³-hybridized carbons (Fsp3) is 0.526. The molecular formula is C19H25N3O4. The Bertz CT molecular complexity index is 698. The van der Waals surface area contributed by atoms with Crippen LogP contribution in [0.2, 0.25) is 0 Å². The summed E-state index contributed by atoms with van der Waals surface area (Å²) in [7, 11) is 0. The Balaban J connectivity index is 1.78. The molecule has 1 aromatic rings. The highest BCUT2D eigenvalue weighted by Crippen LogP contribution is 2.32. The molecule has 3 atom stereocenters. The molecule has 2 aliphatic rings. The molecule has 140 valence electrons. The number of hydrogen-bond acceptors (Lipinski definition) is 4. The van der Waals surface area contributed by atoms with Crippen LogP contribution in [0.25, 0.3) is 0 Å². The summed E-state index contributed by atoms with van der Waals surface area (Å²) in [6.45, 7) is 6.33. The van der Waals surface area contributed by atoms with Gasteiger partial charge in [-0.1, -0.05) is 37.3 Å². The number of morpholine rings is 1. The maximum absolute atomic E-state index is 13.1. The molecule has 2 heterocycles. The largest absolute Gasteiger partial charge is 0.372 e. The smallest absolute Gasteiger partial charge is 0.325 e. The summed E-state index contributed by atoms with van der Waals surface area (Å²) in [6, 6.07) is 8.63. The van der Waals surface area contributed by atoms with Gasteiger partial charge in [-0.25, -0.2) is 4.79 Å². The summed E-state index contributed by atoms with van der Waals surface area (Å²) in [4.78, 5) is 40.9. The lowest BCUT2D eigenvalue weighted by Gasteiger charge is -2.35. The second-order valence-corrected chi connectivity index (χ2v) is 7.00. The first kappa shape index (κ1) is 18.4. The molecule has 0 aliphatic carbocycles. The minimum atomic E-state index is -1.11. The van der Waals surface area contributed by atoms with Gasteiger partial charge in [0, 0.05) is 13.1 Å². The maximum Gasteiger partial charge on any atom is 0.325 e. The molecule has 7 nitrogen and oxygen atoms in total. The zero-order valence-corrected chi connectivity index (χ0v) is 15.4. The van der Waals surface area contributed by atoms with E-state index in [1.165, 1.54) is 0 Å². The normalized spacial score (nSPS) is 29.0. The molecule has 3 rings (SSSR count). The standard InChI is InChI=1S/C19H25N3O4/c1-4-19(15-8-6-5-7-9-15)17(24)22(18(25)20-19)12-16(23)21-10-13(2)26-14(3)11-21/h5-9,13-14H,4,10-12H2,1-3H3,(H,20,25)/t13-,14-,19-/m1/s1. The summed E-state index contributed by atoms with van der Waals surface area (Å²) >= 11 is 0.